The summed E-state index contributed by atoms with van der Waals surface area (Å²) in [5.41, 5.74) is -0.0819. The molecule has 0 radical (unpaired) electrons. The largest absolute Gasteiger partial charge is 0.358 e. The molecule has 1 fully saturated rings. The van der Waals surface area contributed by atoms with Crippen molar-refractivity contribution in [3.63, 3.8) is 0 Å². The summed E-state index contributed by atoms with van der Waals surface area (Å²) in [5, 5.41) is 22.7. The summed E-state index contributed by atoms with van der Waals surface area (Å²) in [4.78, 5) is 38.2. The van der Waals surface area contributed by atoms with Crippen LogP contribution in [0, 0.1) is 10.1 Å². The second-order valence-electron chi connectivity index (χ2n) is 5.87. The van der Waals surface area contributed by atoms with Gasteiger partial charge in [0.15, 0.2) is 4.34 Å². The lowest BCUT2D eigenvalue weighted by Crippen LogP contribution is -2.48. The molecular formula is C16H18N6O4S2. The number of nitrogens with zero attached hydrogens (tertiary/aromatic N) is 5. The number of carbonyl (C=O) groups is 2. The van der Waals surface area contributed by atoms with E-state index >= 15 is 0 Å². The van der Waals surface area contributed by atoms with Crippen molar-refractivity contribution in [2.75, 3.05) is 43.9 Å². The number of hydrogen-bond donors (Lipinski definition) is 1. The van der Waals surface area contributed by atoms with Crippen molar-refractivity contribution >= 4 is 45.7 Å². The highest BCUT2D eigenvalue weighted by Gasteiger charge is 2.28. The van der Waals surface area contributed by atoms with Crippen molar-refractivity contribution in [3.8, 4) is 0 Å². The minimum absolute atomic E-state index is 0.0797. The Morgan fingerprint density at radius 2 is 1.96 bits per heavy atom. The van der Waals surface area contributed by atoms with Crippen molar-refractivity contribution < 1.29 is 14.5 Å². The quantitative estimate of drug-likeness (QED) is 0.419. The highest BCUT2D eigenvalue weighted by molar-refractivity contribution is 8.01. The van der Waals surface area contributed by atoms with Gasteiger partial charge >= 0.3 is 0 Å². The highest BCUT2D eigenvalue weighted by atomic mass is 32.2. The molecule has 0 atom stereocenters. The fourth-order valence-electron chi connectivity index (χ4n) is 2.67. The first-order chi connectivity index (χ1) is 13.5. The lowest BCUT2D eigenvalue weighted by molar-refractivity contribution is -0.385. The Labute approximate surface area is 169 Å². The van der Waals surface area contributed by atoms with Crippen molar-refractivity contribution in [1.29, 1.82) is 0 Å². The van der Waals surface area contributed by atoms with E-state index in [0.29, 0.717) is 30.5 Å². The van der Waals surface area contributed by atoms with Gasteiger partial charge in [-0.25, -0.2) is 0 Å². The van der Waals surface area contributed by atoms with Crippen molar-refractivity contribution in [1.82, 2.24) is 20.4 Å². The molecule has 1 aromatic heterocycles. The average molecular weight is 422 g/mol. The second-order valence-corrected chi connectivity index (χ2v) is 8.04. The topological polar surface area (TPSA) is 122 Å². The highest BCUT2D eigenvalue weighted by Crippen LogP contribution is 2.29. The van der Waals surface area contributed by atoms with Crippen LogP contribution in [0.15, 0.2) is 28.6 Å². The van der Waals surface area contributed by atoms with Gasteiger partial charge in [-0.1, -0.05) is 35.2 Å². The monoisotopic (exact) mass is 422 g/mol. The molecule has 1 aromatic carbocycles. The predicted octanol–water partition coefficient (Wildman–Crippen LogP) is 1.25. The Kier molecular flexibility index (Phi) is 6.41. The van der Waals surface area contributed by atoms with E-state index in [9.17, 15) is 19.7 Å². The standard InChI is InChI=1S/C16H18N6O4S2/c1-17-13(23)10-27-16-19-18-15(28-16)21-8-6-20(7-9-21)14(24)11-4-2-3-5-12(11)22(25)26/h2-5H,6-10H2,1H3,(H,17,23). The van der Waals surface area contributed by atoms with Gasteiger partial charge < -0.3 is 15.1 Å². The van der Waals surface area contributed by atoms with Crippen LogP contribution in [-0.2, 0) is 4.79 Å². The van der Waals surface area contributed by atoms with Crippen LogP contribution in [-0.4, -0.2) is 70.8 Å². The molecule has 12 heteroatoms. The maximum atomic E-state index is 12.7. The van der Waals surface area contributed by atoms with Crippen LogP contribution in [0.2, 0.25) is 0 Å². The number of carbonyl (C=O) groups excluding carboxylic acids is 2. The average Bonchev–Trinajstić information content (AvgIpc) is 3.20. The summed E-state index contributed by atoms with van der Waals surface area (Å²) < 4.78 is 0.706. The van der Waals surface area contributed by atoms with Crippen LogP contribution in [0.25, 0.3) is 0 Å². The summed E-state index contributed by atoms with van der Waals surface area (Å²) in [7, 11) is 1.58. The van der Waals surface area contributed by atoms with Crippen LogP contribution in [0.1, 0.15) is 10.4 Å². The SMILES string of the molecule is CNC(=O)CSc1nnc(N2CCN(C(=O)c3ccccc3[N+](=O)[O-])CC2)s1. The van der Waals surface area contributed by atoms with Crippen molar-refractivity contribution in [2.24, 2.45) is 0 Å². The molecule has 148 valence electrons. The Morgan fingerprint density at radius 1 is 1.25 bits per heavy atom. The molecule has 2 heterocycles. The summed E-state index contributed by atoms with van der Waals surface area (Å²) in [6.07, 6.45) is 0. The van der Waals surface area contributed by atoms with Gasteiger partial charge in [0.25, 0.3) is 11.6 Å². The number of hydrogen-bond acceptors (Lipinski definition) is 9. The van der Waals surface area contributed by atoms with E-state index in [2.05, 4.69) is 15.5 Å². The van der Waals surface area contributed by atoms with E-state index in [0.717, 1.165) is 5.13 Å². The molecule has 1 aliphatic heterocycles. The fourth-order valence-corrected chi connectivity index (χ4v) is 4.44. The molecule has 0 spiro atoms. The number of nitrogens with one attached hydrogen (secondary N) is 1. The van der Waals surface area contributed by atoms with E-state index in [1.807, 2.05) is 4.90 Å². The third-order valence-electron chi connectivity index (χ3n) is 4.17. The van der Waals surface area contributed by atoms with E-state index in [1.54, 1.807) is 24.1 Å². The molecule has 10 nitrogen and oxygen atoms in total. The number of piperazine rings is 1. The van der Waals surface area contributed by atoms with Crippen molar-refractivity contribution in [2.45, 2.75) is 4.34 Å². The number of nitro benzene ring substituents is 1. The van der Waals surface area contributed by atoms with Gasteiger partial charge in [0.2, 0.25) is 11.0 Å². The molecular weight excluding hydrogens is 404 g/mol. The Bertz CT molecular complexity index is 882. The molecule has 1 saturated heterocycles. The second kappa shape index (κ2) is 8.97. The predicted molar refractivity (Wildman–Crippen MR) is 106 cm³/mol. The third kappa shape index (κ3) is 4.57. The number of para-hydroxylation sites is 1. The molecule has 1 N–H and O–H groups in total. The molecule has 3 rings (SSSR count). The summed E-state index contributed by atoms with van der Waals surface area (Å²) >= 11 is 2.72. The minimum Gasteiger partial charge on any atom is -0.358 e. The molecule has 2 amide bonds. The first-order valence-electron chi connectivity index (χ1n) is 8.44. The van der Waals surface area contributed by atoms with Crippen LogP contribution in [0.5, 0.6) is 0 Å². The van der Waals surface area contributed by atoms with E-state index in [1.165, 1.54) is 35.2 Å². The number of amides is 2. The number of rotatable bonds is 6. The molecule has 0 aliphatic carbocycles. The van der Waals surface area contributed by atoms with Gasteiger partial charge in [0.1, 0.15) is 5.56 Å². The van der Waals surface area contributed by atoms with E-state index < -0.39 is 4.92 Å². The maximum absolute atomic E-state index is 12.7. The summed E-state index contributed by atoms with van der Waals surface area (Å²) in [6, 6.07) is 5.98. The van der Waals surface area contributed by atoms with E-state index in [-0.39, 0.29) is 28.8 Å². The van der Waals surface area contributed by atoms with Gasteiger partial charge in [0.05, 0.1) is 10.7 Å². The lowest BCUT2D eigenvalue weighted by Gasteiger charge is -2.34. The normalized spacial score (nSPS) is 14.0. The zero-order valence-corrected chi connectivity index (χ0v) is 16.7. The maximum Gasteiger partial charge on any atom is 0.282 e. The zero-order valence-electron chi connectivity index (χ0n) is 15.0. The Hall–Kier alpha value is -2.73. The van der Waals surface area contributed by atoms with Crippen LogP contribution in [0.3, 0.4) is 0 Å². The first kappa shape index (κ1) is 20.0. The number of benzene rings is 1. The van der Waals surface area contributed by atoms with Crippen molar-refractivity contribution in [3.05, 3.63) is 39.9 Å². The molecule has 0 unspecified atom stereocenters. The molecule has 28 heavy (non-hydrogen) atoms. The first-order valence-corrected chi connectivity index (χ1v) is 10.2. The third-order valence-corrected chi connectivity index (χ3v) is 6.29. The number of anilines is 1. The van der Waals surface area contributed by atoms with Gasteiger partial charge in [-0.15, -0.1) is 10.2 Å². The van der Waals surface area contributed by atoms with Gasteiger partial charge in [0, 0.05) is 39.3 Å². The molecule has 2 aromatic rings. The zero-order chi connectivity index (χ0) is 20.1. The Balaban J connectivity index is 1.59. The molecule has 0 bridgehead atoms. The number of thioether (sulfide) groups is 1. The van der Waals surface area contributed by atoms with Gasteiger partial charge in [-0.05, 0) is 6.07 Å². The molecule has 1 aliphatic rings. The summed E-state index contributed by atoms with van der Waals surface area (Å²) in [5.74, 6) is -0.140. The number of aromatic nitrogens is 2. The number of nitro groups is 1. The van der Waals surface area contributed by atoms with Crippen LogP contribution in [0.4, 0.5) is 10.8 Å². The van der Waals surface area contributed by atoms with Crippen LogP contribution >= 0.6 is 23.1 Å². The van der Waals surface area contributed by atoms with Gasteiger partial charge in [-0.3, -0.25) is 19.7 Å². The minimum atomic E-state index is -0.539. The van der Waals surface area contributed by atoms with Gasteiger partial charge in [-0.2, -0.15) is 0 Å². The smallest absolute Gasteiger partial charge is 0.282 e. The molecule has 0 saturated carbocycles. The lowest BCUT2D eigenvalue weighted by atomic mass is 10.1. The summed E-state index contributed by atoms with van der Waals surface area (Å²) in [6.45, 7) is 1.98. The Morgan fingerprint density at radius 3 is 2.64 bits per heavy atom. The fraction of sp³-hybridized carbons (Fsp3) is 0.375. The van der Waals surface area contributed by atoms with Crippen LogP contribution < -0.4 is 10.2 Å². The van der Waals surface area contributed by atoms with E-state index in [4.69, 9.17) is 0 Å².